The molecule has 0 unspecified atom stereocenters. The van der Waals surface area contributed by atoms with Crippen molar-refractivity contribution in [2.45, 2.75) is 24.7 Å². The molecule has 2 amide bonds. The Bertz CT molecular complexity index is 1420. The average Bonchev–Trinajstić information content (AvgIpc) is 3.47. The van der Waals surface area contributed by atoms with E-state index in [4.69, 9.17) is 9.47 Å². The van der Waals surface area contributed by atoms with Gasteiger partial charge >= 0.3 is 0 Å². The molecular formula is C28H31N3O6S. The molecule has 0 aromatic heterocycles. The summed E-state index contributed by atoms with van der Waals surface area (Å²) in [6.45, 7) is 2.62. The average molecular weight is 538 g/mol. The van der Waals surface area contributed by atoms with E-state index in [9.17, 15) is 18.0 Å². The van der Waals surface area contributed by atoms with Crippen molar-refractivity contribution in [3.05, 3.63) is 77.9 Å². The predicted octanol–water partition coefficient (Wildman–Crippen LogP) is 4.08. The number of anilines is 2. The third-order valence-electron chi connectivity index (χ3n) is 6.38. The summed E-state index contributed by atoms with van der Waals surface area (Å²) in [6, 6.07) is 17.8. The Morgan fingerprint density at radius 3 is 2.29 bits per heavy atom. The lowest BCUT2D eigenvalue weighted by molar-refractivity contribution is -0.114. The van der Waals surface area contributed by atoms with E-state index in [0.717, 1.165) is 22.7 Å². The van der Waals surface area contributed by atoms with Crippen LogP contribution in [0, 0.1) is 6.92 Å². The minimum Gasteiger partial charge on any atom is -0.497 e. The number of hydrogen-bond acceptors (Lipinski definition) is 6. The van der Waals surface area contributed by atoms with Crippen molar-refractivity contribution in [1.82, 2.24) is 4.90 Å². The molecule has 0 saturated carbocycles. The van der Waals surface area contributed by atoms with E-state index < -0.39 is 22.5 Å². The fourth-order valence-corrected chi connectivity index (χ4v) is 5.74. The summed E-state index contributed by atoms with van der Waals surface area (Å²) in [7, 11) is -1.31. The molecule has 1 fully saturated rings. The second-order valence-electron chi connectivity index (χ2n) is 8.96. The van der Waals surface area contributed by atoms with E-state index in [-0.39, 0.29) is 22.2 Å². The van der Waals surface area contributed by atoms with Crippen LogP contribution in [0.1, 0.15) is 28.8 Å². The highest BCUT2D eigenvalue weighted by Crippen LogP contribution is 2.36. The molecule has 0 radical (unpaired) electrons. The maximum atomic E-state index is 13.8. The predicted molar refractivity (Wildman–Crippen MR) is 145 cm³/mol. The zero-order valence-corrected chi connectivity index (χ0v) is 22.5. The van der Waals surface area contributed by atoms with Gasteiger partial charge in [0.2, 0.25) is 5.91 Å². The van der Waals surface area contributed by atoms with Gasteiger partial charge in [0.15, 0.2) is 0 Å². The number of likely N-dealkylation sites (tertiary alicyclic amines) is 1. The Hall–Kier alpha value is -4.05. The number of rotatable bonds is 9. The maximum Gasteiger partial charge on any atom is 0.264 e. The normalized spacial score (nSPS) is 13.2. The van der Waals surface area contributed by atoms with Crippen LogP contribution in [0.15, 0.2) is 71.6 Å². The maximum absolute atomic E-state index is 13.8. The number of benzene rings is 3. The van der Waals surface area contributed by atoms with Crippen molar-refractivity contribution < 1.29 is 27.5 Å². The van der Waals surface area contributed by atoms with Crippen LogP contribution in [-0.2, 0) is 14.8 Å². The van der Waals surface area contributed by atoms with E-state index in [0.29, 0.717) is 30.1 Å². The standard InChI is InChI=1S/C28H31N3O6S/c1-20-10-13-22(14-11-20)38(34,35)31(25-18-21(36-2)12-15-26(25)37-3)19-27(32)29-24-9-5-4-8-23(24)28(33)30-16-6-7-17-30/h4-5,8-15,18H,6-7,16-17,19H2,1-3H3,(H,29,32). The Labute approximate surface area is 223 Å². The molecule has 1 N–H and O–H groups in total. The van der Waals surface area contributed by atoms with Crippen molar-refractivity contribution in [2.75, 3.05) is 43.5 Å². The summed E-state index contributed by atoms with van der Waals surface area (Å²) >= 11 is 0. The number of nitrogens with zero attached hydrogens (tertiary/aromatic N) is 2. The molecule has 9 nitrogen and oxygen atoms in total. The lowest BCUT2D eigenvalue weighted by atomic mass is 10.1. The molecule has 0 atom stereocenters. The second kappa shape index (κ2) is 11.6. The van der Waals surface area contributed by atoms with Crippen molar-refractivity contribution in [3.8, 4) is 11.5 Å². The molecule has 1 saturated heterocycles. The molecular weight excluding hydrogens is 506 g/mol. The molecule has 4 rings (SSSR count). The smallest absolute Gasteiger partial charge is 0.264 e. The lowest BCUT2D eigenvalue weighted by Crippen LogP contribution is -2.38. The third-order valence-corrected chi connectivity index (χ3v) is 8.15. The van der Waals surface area contributed by atoms with Crippen LogP contribution in [-0.4, -0.2) is 59.0 Å². The van der Waals surface area contributed by atoms with Crippen molar-refractivity contribution in [1.29, 1.82) is 0 Å². The molecule has 0 bridgehead atoms. The van der Waals surface area contributed by atoms with Crippen LogP contribution in [0.2, 0.25) is 0 Å². The molecule has 1 aliphatic rings. The summed E-state index contributed by atoms with van der Waals surface area (Å²) < 4.78 is 39.4. The number of carbonyl (C=O) groups is 2. The first-order valence-corrected chi connectivity index (χ1v) is 13.7. The van der Waals surface area contributed by atoms with E-state index in [2.05, 4.69) is 5.32 Å². The number of para-hydroxylation sites is 1. The number of sulfonamides is 1. The summed E-state index contributed by atoms with van der Waals surface area (Å²) in [6.07, 6.45) is 1.88. The van der Waals surface area contributed by atoms with E-state index in [1.165, 1.54) is 32.4 Å². The molecule has 200 valence electrons. The van der Waals surface area contributed by atoms with Gasteiger partial charge < -0.3 is 19.7 Å². The van der Waals surface area contributed by atoms with Crippen LogP contribution < -0.4 is 19.1 Å². The Morgan fingerprint density at radius 1 is 0.947 bits per heavy atom. The van der Waals surface area contributed by atoms with Crippen LogP contribution in [0.3, 0.4) is 0 Å². The summed E-state index contributed by atoms with van der Waals surface area (Å²) in [5.74, 6) is -0.144. The number of amides is 2. The highest BCUT2D eigenvalue weighted by molar-refractivity contribution is 7.92. The number of aryl methyl sites for hydroxylation is 1. The third kappa shape index (κ3) is 5.75. The van der Waals surface area contributed by atoms with Gasteiger partial charge in [-0.1, -0.05) is 29.8 Å². The number of methoxy groups -OCH3 is 2. The van der Waals surface area contributed by atoms with Crippen LogP contribution in [0.25, 0.3) is 0 Å². The van der Waals surface area contributed by atoms with E-state index >= 15 is 0 Å². The van der Waals surface area contributed by atoms with Gasteiger partial charge in [0, 0.05) is 19.2 Å². The minimum atomic E-state index is -4.19. The van der Waals surface area contributed by atoms with Gasteiger partial charge in [0.1, 0.15) is 18.0 Å². The molecule has 10 heteroatoms. The molecule has 3 aromatic rings. The van der Waals surface area contributed by atoms with Crippen molar-refractivity contribution in [2.24, 2.45) is 0 Å². The van der Waals surface area contributed by atoms with Gasteiger partial charge in [-0.15, -0.1) is 0 Å². The van der Waals surface area contributed by atoms with E-state index in [1.54, 1.807) is 53.4 Å². The van der Waals surface area contributed by atoms with Crippen molar-refractivity contribution >= 4 is 33.2 Å². The highest BCUT2D eigenvalue weighted by Gasteiger charge is 2.31. The van der Waals surface area contributed by atoms with E-state index in [1.807, 2.05) is 6.92 Å². The minimum absolute atomic E-state index is 0.0189. The zero-order chi connectivity index (χ0) is 27.3. The van der Waals surface area contributed by atoms with Gasteiger partial charge in [0.05, 0.1) is 36.1 Å². The number of carbonyl (C=O) groups excluding carboxylic acids is 2. The van der Waals surface area contributed by atoms with Gasteiger partial charge in [-0.05, 0) is 56.2 Å². The molecule has 0 aliphatic carbocycles. The van der Waals surface area contributed by atoms with Crippen LogP contribution in [0.4, 0.5) is 11.4 Å². The quantitative estimate of drug-likeness (QED) is 0.441. The van der Waals surface area contributed by atoms with Gasteiger partial charge in [-0.2, -0.15) is 0 Å². The first-order chi connectivity index (χ1) is 18.2. The van der Waals surface area contributed by atoms with Gasteiger partial charge in [-0.25, -0.2) is 8.42 Å². The summed E-state index contributed by atoms with van der Waals surface area (Å²) in [5, 5.41) is 2.75. The Balaban J connectivity index is 1.70. The zero-order valence-electron chi connectivity index (χ0n) is 21.6. The van der Waals surface area contributed by atoms with Gasteiger partial charge in [-0.3, -0.25) is 13.9 Å². The van der Waals surface area contributed by atoms with Crippen LogP contribution >= 0.6 is 0 Å². The van der Waals surface area contributed by atoms with Gasteiger partial charge in [0.25, 0.3) is 15.9 Å². The highest BCUT2D eigenvalue weighted by atomic mass is 32.2. The molecule has 38 heavy (non-hydrogen) atoms. The summed E-state index contributed by atoms with van der Waals surface area (Å²) in [5.41, 5.74) is 1.71. The fourth-order valence-electron chi connectivity index (χ4n) is 4.32. The lowest BCUT2D eigenvalue weighted by Gasteiger charge is -2.26. The largest absolute Gasteiger partial charge is 0.497 e. The summed E-state index contributed by atoms with van der Waals surface area (Å²) in [4.78, 5) is 28.2. The van der Waals surface area contributed by atoms with Crippen LogP contribution in [0.5, 0.6) is 11.5 Å². The Morgan fingerprint density at radius 2 is 1.63 bits per heavy atom. The monoisotopic (exact) mass is 537 g/mol. The molecule has 0 spiro atoms. The topological polar surface area (TPSA) is 105 Å². The first kappa shape index (κ1) is 27.0. The molecule has 1 heterocycles. The number of hydrogen-bond donors (Lipinski definition) is 1. The SMILES string of the molecule is COc1ccc(OC)c(N(CC(=O)Nc2ccccc2C(=O)N2CCCC2)S(=O)(=O)c2ccc(C)cc2)c1. The Kier molecular flexibility index (Phi) is 8.21. The second-order valence-corrected chi connectivity index (χ2v) is 10.8. The molecule has 3 aromatic carbocycles. The van der Waals surface area contributed by atoms with Crippen molar-refractivity contribution in [3.63, 3.8) is 0 Å². The first-order valence-electron chi connectivity index (χ1n) is 12.2. The number of nitrogens with one attached hydrogen (secondary N) is 1. The molecule has 1 aliphatic heterocycles. The fraction of sp³-hybridized carbons (Fsp3) is 0.286. The number of ether oxygens (including phenoxy) is 2.